The smallest absolute Gasteiger partial charge is 0.163 e. The van der Waals surface area contributed by atoms with Crippen LogP contribution in [0, 0.1) is 11.8 Å². The molecule has 5 rings (SSSR count). The summed E-state index contributed by atoms with van der Waals surface area (Å²) in [6.07, 6.45) is 20.7. The maximum atomic E-state index is 13.1. The number of hydrogen-bond acceptors (Lipinski definition) is 8. The second kappa shape index (κ2) is 22.6. The Hall–Kier alpha value is -4.50. The summed E-state index contributed by atoms with van der Waals surface area (Å²) < 4.78 is 5.43. The number of aryl methyl sites for hydroxylation is 3. The first-order valence-electron chi connectivity index (χ1n) is 21.6. The van der Waals surface area contributed by atoms with Crippen molar-refractivity contribution in [2.24, 2.45) is 17.6 Å². The topological polar surface area (TPSA) is 134 Å². The lowest BCUT2D eigenvalue weighted by Gasteiger charge is -2.37. The first kappa shape index (κ1) is 44.6. The van der Waals surface area contributed by atoms with E-state index < -0.39 is 0 Å². The molecule has 3 aromatic carbocycles. The summed E-state index contributed by atoms with van der Waals surface area (Å²) >= 11 is 0. The summed E-state index contributed by atoms with van der Waals surface area (Å²) in [5, 5.41) is 27.2. The number of dihydropyridines is 1. The van der Waals surface area contributed by atoms with Gasteiger partial charge >= 0.3 is 0 Å². The van der Waals surface area contributed by atoms with Crippen LogP contribution in [-0.4, -0.2) is 54.2 Å². The number of ether oxygens (including phenoxy) is 1. The van der Waals surface area contributed by atoms with Crippen molar-refractivity contribution in [1.82, 2.24) is 10.6 Å². The molecule has 1 aliphatic heterocycles. The number of nitrogens with two attached hydrogens (primary N) is 1. The van der Waals surface area contributed by atoms with E-state index in [1.54, 1.807) is 18.2 Å². The number of aliphatic hydroxyl groups is 1. The molecule has 0 bridgehead atoms. The highest BCUT2D eigenvalue weighted by Crippen LogP contribution is 2.40. The normalized spacial score (nSPS) is 17.4. The van der Waals surface area contributed by atoms with E-state index in [9.17, 15) is 19.8 Å². The van der Waals surface area contributed by atoms with Gasteiger partial charge < -0.3 is 31.3 Å². The van der Waals surface area contributed by atoms with E-state index in [-0.39, 0.29) is 42.0 Å². The number of rotatable bonds is 24. The van der Waals surface area contributed by atoms with Crippen molar-refractivity contribution in [2.45, 2.75) is 121 Å². The largest absolute Gasteiger partial charge is 0.504 e. The molecule has 8 heteroatoms. The first-order valence-corrected chi connectivity index (χ1v) is 21.6. The van der Waals surface area contributed by atoms with Crippen LogP contribution < -0.4 is 21.1 Å². The Bertz CT molecular complexity index is 1880. The number of hydrogen-bond donors (Lipinski definition) is 5. The quantitative estimate of drug-likeness (QED) is 0.0450. The molecule has 0 spiro atoms. The minimum Gasteiger partial charge on any atom is -0.504 e. The summed E-state index contributed by atoms with van der Waals surface area (Å²) in [5.74, 6) is 1.000. The van der Waals surface area contributed by atoms with Gasteiger partial charge in [-0.05, 0) is 153 Å². The molecule has 3 aromatic rings. The van der Waals surface area contributed by atoms with Crippen LogP contribution in [0.1, 0.15) is 112 Å². The van der Waals surface area contributed by atoms with Gasteiger partial charge in [0.25, 0.3) is 0 Å². The summed E-state index contributed by atoms with van der Waals surface area (Å²) in [4.78, 5) is 26.1. The van der Waals surface area contributed by atoms with E-state index in [0.29, 0.717) is 30.4 Å². The van der Waals surface area contributed by atoms with Gasteiger partial charge in [0, 0.05) is 24.8 Å². The molecule has 2 aliphatic rings. The second-order valence-corrected chi connectivity index (χ2v) is 16.6. The maximum Gasteiger partial charge on any atom is 0.163 e. The second-order valence-electron chi connectivity index (χ2n) is 16.6. The minimum atomic E-state index is -0.299. The molecule has 1 heterocycles. The zero-order valence-electron chi connectivity index (χ0n) is 35.1. The molecule has 312 valence electrons. The Morgan fingerprint density at radius 2 is 1.64 bits per heavy atom. The summed E-state index contributed by atoms with van der Waals surface area (Å²) in [7, 11) is 3.58. The van der Waals surface area contributed by atoms with Crippen molar-refractivity contribution < 1.29 is 24.5 Å². The molecule has 0 saturated heterocycles. The maximum absolute atomic E-state index is 13.1. The number of ketones is 2. The molecule has 0 amide bonds. The van der Waals surface area contributed by atoms with E-state index in [1.807, 2.05) is 12.3 Å². The average molecular weight is 790 g/mol. The lowest BCUT2D eigenvalue weighted by atomic mass is 9.76. The summed E-state index contributed by atoms with van der Waals surface area (Å²) in [6.45, 7) is 2.53. The number of allylic oxidation sites excluding steroid dienone is 3. The molecular formula is C50H67N3O5. The molecule has 0 aromatic heterocycles. The van der Waals surface area contributed by atoms with Crippen molar-refractivity contribution in [1.29, 1.82) is 0 Å². The van der Waals surface area contributed by atoms with Crippen LogP contribution in [-0.2, 0) is 35.3 Å². The number of phenolic OH excluding ortho intramolecular Hbond substituents is 1. The first-order chi connectivity index (χ1) is 28.1. The highest BCUT2D eigenvalue weighted by molar-refractivity contribution is 6.06. The van der Waals surface area contributed by atoms with Crippen LogP contribution in [0.3, 0.4) is 0 Å². The highest BCUT2D eigenvalue weighted by Gasteiger charge is 2.38. The minimum absolute atomic E-state index is 0.0196. The van der Waals surface area contributed by atoms with Gasteiger partial charge in [-0.3, -0.25) is 9.59 Å². The van der Waals surface area contributed by atoms with Crippen LogP contribution in [0.5, 0.6) is 11.5 Å². The monoisotopic (exact) mass is 790 g/mol. The molecule has 0 radical (unpaired) electrons. The van der Waals surface area contributed by atoms with Crippen molar-refractivity contribution in [3.63, 3.8) is 0 Å². The molecule has 1 saturated carbocycles. The zero-order chi connectivity index (χ0) is 41.3. The molecule has 1 fully saturated rings. The summed E-state index contributed by atoms with van der Waals surface area (Å²) in [6, 6.07) is 22.8. The van der Waals surface area contributed by atoms with E-state index in [0.717, 1.165) is 80.1 Å². The van der Waals surface area contributed by atoms with Gasteiger partial charge in [-0.2, -0.15) is 0 Å². The molecule has 1 unspecified atom stereocenters. The number of methoxy groups -OCH3 is 1. The number of aliphatic hydroxyl groups excluding tert-OH is 1. The number of carbonyl (C=O) groups excluding carboxylic acids is 2. The van der Waals surface area contributed by atoms with Crippen LogP contribution >= 0.6 is 0 Å². The van der Waals surface area contributed by atoms with Gasteiger partial charge in [-0.1, -0.05) is 86.9 Å². The predicted molar refractivity (Wildman–Crippen MR) is 236 cm³/mol. The number of carbonyl (C=O) groups is 2. The number of phenols is 1. The lowest BCUT2D eigenvalue weighted by molar-refractivity contribution is -0.124. The Kier molecular flexibility index (Phi) is 17.4. The van der Waals surface area contributed by atoms with Crippen molar-refractivity contribution in [3.05, 3.63) is 124 Å². The Morgan fingerprint density at radius 1 is 0.948 bits per heavy atom. The lowest BCUT2D eigenvalue weighted by Crippen LogP contribution is -2.46. The third-order valence-electron chi connectivity index (χ3n) is 12.6. The highest BCUT2D eigenvalue weighted by atomic mass is 16.5. The third-order valence-corrected chi connectivity index (χ3v) is 12.6. The van der Waals surface area contributed by atoms with E-state index in [4.69, 9.17) is 10.5 Å². The van der Waals surface area contributed by atoms with Gasteiger partial charge in [0.1, 0.15) is 5.78 Å². The molecule has 6 N–H and O–H groups in total. The van der Waals surface area contributed by atoms with Gasteiger partial charge in [0.2, 0.25) is 0 Å². The van der Waals surface area contributed by atoms with Gasteiger partial charge in [-0.15, -0.1) is 0 Å². The van der Waals surface area contributed by atoms with Gasteiger partial charge in [0.15, 0.2) is 17.3 Å². The SMILES string of the molecule is CNC1([C@H](C)C[C@H](CCCO)CCCC(=O)CC(=O)/C=C/c2cc(OC)c(O)cc2CC2=CNC(N)C=C2CCc2cccc(CCc3ccccc3)c2)CCCC1. The Morgan fingerprint density at radius 3 is 2.34 bits per heavy atom. The Balaban J connectivity index is 1.17. The van der Waals surface area contributed by atoms with Crippen LogP contribution in [0.2, 0.25) is 0 Å². The van der Waals surface area contributed by atoms with Crippen LogP contribution in [0.25, 0.3) is 6.08 Å². The van der Waals surface area contributed by atoms with E-state index in [2.05, 4.69) is 79.2 Å². The molecule has 3 atom stereocenters. The van der Waals surface area contributed by atoms with Crippen LogP contribution in [0.4, 0.5) is 0 Å². The van der Waals surface area contributed by atoms with Crippen molar-refractivity contribution >= 4 is 17.6 Å². The average Bonchev–Trinajstić information content (AvgIpc) is 3.73. The number of benzene rings is 3. The third kappa shape index (κ3) is 13.3. The van der Waals surface area contributed by atoms with Gasteiger partial charge in [-0.25, -0.2) is 0 Å². The van der Waals surface area contributed by atoms with Crippen LogP contribution in [0.15, 0.2) is 96.2 Å². The van der Waals surface area contributed by atoms with Gasteiger partial charge in [0.05, 0.1) is 19.7 Å². The molecule has 1 aliphatic carbocycles. The molecule has 8 nitrogen and oxygen atoms in total. The number of aromatic hydroxyl groups is 1. The predicted octanol–water partition coefficient (Wildman–Crippen LogP) is 8.72. The number of nitrogens with one attached hydrogen (secondary N) is 2. The zero-order valence-corrected chi connectivity index (χ0v) is 35.1. The number of Topliss-reactive ketones (excluding diaryl/α,β-unsaturated/α-hetero) is 1. The van der Waals surface area contributed by atoms with Crippen molar-refractivity contribution in [3.8, 4) is 11.5 Å². The van der Waals surface area contributed by atoms with E-state index >= 15 is 0 Å². The fourth-order valence-electron chi connectivity index (χ4n) is 9.12. The van der Waals surface area contributed by atoms with E-state index in [1.165, 1.54) is 55.6 Å². The van der Waals surface area contributed by atoms with Crippen molar-refractivity contribution in [2.75, 3.05) is 20.8 Å². The summed E-state index contributed by atoms with van der Waals surface area (Å²) in [5.41, 5.74) is 14.2. The Labute approximate surface area is 347 Å². The standard InChI is InChI=1S/C50H67N3O5/c1-36(50(52-2)25-7-8-26-50)28-38(17-11-27-54)16-10-18-45(55)34-46(56)24-23-41-32-48(58-3)47(57)31-43(41)30-44-35-53-49(51)33-42(44)22-21-40-15-9-14-39(29-40)20-19-37-12-5-4-6-13-37/h4-6,9,12-15,23-24,29,31-33,35-36,38,49,52-54,57H,7-8,10-11,16-22,25-28,30,34,51H2,1-3H3/b24-23+/t36-,38+,49?/m1/s1. The fraction of sp³-hybridized carbons (Fsp3) is 0.480. The molecule has 58 heavy (non-hydrogen) atoms. The molecular weight excluding hydrogens is 723 g/mol. The fourth-order valence-corrected chi connectivity index (χ4v) is 9.12.